The molecule has 0 fully saturated rings. The van der Waals surface area contributed by atoms with Crippen LogP contribution in [0.2, 0.25) is 0 Å². The largest absolute Gasteiger partial charge is 0.260 e. The lowest BCUT2D eigenvalue weighted by molar-refractivity contribution is 0.517. The summed E-state index contributed by atoms with van der Waals surface area (Å²) in [6.07, 6.45) is 1.30. The highest BCUT2D eigenvalue weighted by atomic mass is 32.2. The monoisotopic (exact) mass is 211 g/mol. The molecule has 0 bridgehead atoms. The molecule has 0 aromatic carbocycles. The minimum absolute atomic E-state index is 0.110. The van der Waals surface area contributed by atoms with Crippen molar-refractivity contribution in [1.82, 2.24) is 9.29 Å². The molecular formula is C8H9N3O2S. The highest BCUT2D eigenvalue weighted by molar-refractivity contribution is 7.89. The van der Waals surface area contributed by atoms with Gasteiger partial charge < -0.3 is 0 Å². The van der Waals surface area contributed by atoms with E-state index in [0.717, 1.165) is 4.31 Å². The third-order valence-electron chi connectivity index (χ3n) is 1.61. The van der Waals surface area contributed by atoms with Crippen LogP contribution in [0.4, 0.5) is 0 Å². The molecule has 0 saturated heterocycles. The predicted molar refractivity (Wildman–Crippen MR) is 49.8 cm³/mol. The zero-order chi connectivity index (χ0) is 10.8. The van der Waals surface area contributed by atoms with Crippen LogP contribution in [0, 0.1) is 11.3 Å². The Balaban J connectivity index is 3.29. The van der Waals surface area contributed by atoms with E-state index in [-0.39, 0.29) is 10.6 Å². The normalized spacial score (nSPS) is 11.3. The fourth-order valence-electron chi connectivity index (χ4n) is 0.807. The highest BCUT2D eigenvalue weighted by Crippen LogP contribution is 2.10. The van der Waals surface area contributed by atoms with Crippen molar-refractivity contribution in [3.05, 3.63) is 23.9 Å². The summed E-state index contributed by atoms with van der Waals surface area (Å²) in [5, 5.41) is 8.47. The molecule has 0 radical (unpaired) electrons. The van der Waals surface area contributed by atoms with Gasteiger partial charge in [-0.25, -0.2) is 17.7 Å². The Morgan fingerprint density at radius 2 is 2.14 bits per heavy atom. The van der Waals surface area contributed by atoms with Crippen LogP contribution in [-0.2, 0) is 10.0 Å². The molecule has 1 aromatic heterocycles. The first kappa shape index (κ1) is 10.6. The Labute approximate surface area is 82.7 Å². The van der Waals surface area contributed by atoms with Gasteiger partial charge in [-0.1, -0.05) is 0 Å². The van der Waals surface area contributed by atoms with Crippen LogP contribution in [0.15, 0.2) is 23.4 Å². The van der Waals surface area contributed by atoms with Gasteiger partial charge in [0.15, 0.2) is 5.03 Å². The van der Waals surface area contributed by atoms with E-state index < -0.39 is 10.0 Å². The number of nitrogens with zero attached hydrogens (tertiary/aromatic N) is 3. The lowest BCUT2D eigenvalue weighted by atomic mass is 10.3. The van der Waals surface area contributed by atoms with Gasteiger partial charge in [-0.2, -0.15) is 5.26 Å². The zero-order valence-corrected chi connectivity index (χ0v) is 8.61. The van der Waals surface area contributed by atoms with Crippen LogP contribution in [0.5, 0.6) is 0 Å². The number of hydrogen-bond donors (Lipinski definition) is 0. The van der Waals surface area contributed by atoms with Crippen LogP contribution in [0.25, 0.3) is 0 Å². The van der Waals surface area contributed by atoms with E-state index in [1.807, 2.05) is 6.07 Å². The fraction of sp³-hybridized carbons (Fsp3) is 0.250. The maximum Gasteiger partial charge on any atom is 0.260 e. The zero-order valence-electron chi connectivity index (χ0n) is 7.80. The van der Waals surface area contributed by atoms with Gasteiger partial charge in [0.05, 0.1) is 11.6 Å². The van der Waals surface area contributed by atoms with E-state index in [4.69, 9.17) is 5.26 Å². The van der Waals surface area contributed by atoms with Gasteiger partial charge in [0.25, 0.3) is 10.0 Å². The Bertz CT molecular complexity index is 474. The quantitative estimate of drug-likeness (QED) is 0.700. The summed E-state index contributed by atoms with van der Waals surface area (Å²) in [4.78, 5) is 3.70. The van der Waals surface area contributed by atoms with Gasteiger partial charge in [-0.15, -0.1) is 0 Å². The molecule has 0 N–H and O–H groups in total. The van der Waals surface area contributed by atoms with Crippen molar-refractivity contribution < 1.29 is 8.42 Å². The Kier molecular flexibility index (Phi) is 2.84. The number of hydrogen-bond acceptors (Lipinski definition) is 4. The Morgan fingerprint density at radius 3 is 2.64 bits per heavy atom. The van der Waals surface area contributed by atoms with Crippen molar-refractivity contribution in [3.63, 3.8) is 0 Å². The van der Waals surface area contributed by atoms with Crippen molar-refractivity contribution in [2.24, 2.45) is 0 Å². The number of sulfonamides is 1. The van der Waals surface area contributed by atoms with Gasteiger partial charge in [-0.3, -0.25) is 0 Å². The van der Waals surface area contributed by atoms with Crippen molar-refractivity contribution in [1.29, 1.82) is 5.26 Å². The molecule has 0 aliphatic carbocycles. The second-order valence-corrected chi connectivity index (χ2v) is 4.88. The van der Waals surface area contributed by atoms with E-state index in [2.05, 4.69) is 4.98 Å². The van der Waals surface area contributed by atoms with Crippen molar-refractivity contribution in [3.8, 4) is 6.07 Å². The third-order valence-corrected chi connectivity index (χ3v) is 3.32. The predicted octanol–water partition coefficient (Wildman–Crippen LogP) is 0.204. The SMILES string of the molecule is CN(C)S(=O)(=O)c1cc(C#N)ccn1. The van der Waals surface area contributed by atoms with Gasteiger partial charge >= 0.3 is 0 Å². The summed E-state index contributed by atoms with van der Waals surface area (Å²) in [7, 11) is -0.713. The van der Waals surface area contributed by atoms with E-state index in [1.54, 1.807) is 0 Å². The van der Waals surface area contributed by atoms with Crippen molar-refractivity contribution >= 4 is 10.0 Å². The molecule has 6 heteroatoms. The van der Waals surface area contributed by atoms with E-state index >= 15 is 0 Å². The maximum absolute atomic E-state index is 11.6. The molecule has 0 saturated carbocycles. The molecule has 0 amide bonds. The molecule has 0 aliphatic rings. The molecule has 1 rings (SSSR count). The standard InChI is InChI=1S/C8H9N3O2S/c1-11(2)14(12,13)8-5-7(6-9)3-4-10-8/h3-5H,1-2H3. The second-order valence-electron chi connectivity index (χ2n) is 2.78. The van der Waals surface area contributed by atoms with Crippen LogP contribution >= 0.6 is 0 Å². The van der Waals surface area contributed by atoms with Crippen molar-refractivity contribution in [2.75, 3.05) is 14.1 Å². The van der Waals surface area contributed by atoms with Crippen molar-refractivity contribution in [2.45, 2.75) is 5.03 Å². The maximum atomic E-state index is 11.6. The number of nitriles is 1. The van der Waals surface area contributed by atoms with E-state index in [0.29, 0.717) is 0 Å². The first-order valence-corrected chi connectivity index (χ1v) is 5.21. The van der Waals surface area contributed by atoms with Crippen LogP contribution in [-0.4, -0.2) is 31.8 Å². The first-order valence-electron chi connectivity index (χ1n) is 3.77. The summed E-state index contributed by atoms with van der Waals surface area (Å²) in [5.74, 6) is 0. The van der Waals surface area contributed by atoms with Crippen LogP contribution in [0.3, 0.4) is 0 Å². The number of pyridine rings is 1. The molecule has 74 valence electrons. The summed E-state index contributed by atoms with van der Waals surface area (Å²) >= 11 is 0. The minimum Gasteiger partial charge on any atom is -0.243 e. The van der Waals surface area contributed by atoms with Gasteiger partial charge in [0, 0.05) is 20.3 Å². The van der Waals surface area contributed by atoms with Crippen LogP contribution < -0.4 is 0 Å². The molecular weight excluding hydrogens is 202 g/mol. The van der Waals surface area contributed by atoms with E-state index in [1.165, 1.54) is 32.4 Å². The van der Waals surface area contributed by atoms with Gasteiger partial charge in [0.1, 0.15) is 0 Å². The van der Waals surface area contributed by atoms with Gasteiger partial charge in [-0.05, 0) is 12.1 Å². The Morgan fingerprint density at radius 1 is 1.50 bits per heavy atom. The molecule has 0 atom stereocenters. The van der Waals surface area contributed by atoms with E-state index in [9.17, 15) is 8.42 Å². The lowest BCUT2D eigenvalue weighted by Gasteiger charge is -2.09. The minimum atomic E-state index is -3.54. The molecule has 1 heterocycles. The first-order chi connectivity index (χ1) is 6.48. The molecule has 0 spiro atoms. The summed E-state index contributed by atoms with van der Waals surface area (Å²) in [6.45, 7) is 0. The van der Waals surface area contributed by atoms with Gasteiger partial charge in [0.2, 0.25) is 0 Å². The molecule has 0 unspecified atom stereocenters. The highest BCUT2D eigenvalue weighted by Gasteiger charge is 2.18. The molecule has 14 heavy (non-hydrogen) atoms. The average Bonchev–Trinajstić information content (AvgIpc) is 2.17. The molecule has 5 nitrogen and oxygen atoms in total. The number of aromatic nitrogens is 1. The third kappa shape index (κ3) is 1.89. The fourth-order valence-corrected chi connectivity index (χ4v) is 1.65. The number of rotatable bonds is 2. The van der Waals surface area contributed by atoms with Crippen LogP contribution in [0.1, 0.15) is 5.56 Å². The molecule has 1 aromatic rings. The lowest BCUT2D eigenvalue weighted by Crippen LogP contribution is -2.23. The summed E-state index contributed by atoms with van der Waals surface area (Å²) in [5.41, 5.74) is 0.278. The molecule has 0 aliphatic heterocycles. The summed E-state index contributed by atoms with van der Waals surface area (Å²) in [6, 6.07) is 4.55. The second kappa shape index (κ2) is 3.74. The average molecular weight is 211 g/mol. The Hall–Kier alpha value is -1.45. The summed E-state index contributed by atoms with van der Waals surface area (Å²) < 4.78 is 24.2. The topological polar surface area (TPSA) is 74.1 Å². The smallest absolute Gasteiger partial charge is 0.243 e.